The molecule has 0 radical (unpaired) electrons. The van der Waals surface area contributed by atoms with Gasteiger partial charge in [-0.1, -0.05) is 0 Å². The van der Waals surface area contributed by atoms with Gasteiger partial charge in [0.15, 0.2) is 5.96 Å². The van der Waals surface area contributed by atoms with Gasteiger partial charge in [0.05, 0.1) is 0 Å². The van der Waals surface area contributed by atoms with E-state index in [-0.39, 0.29) is 18.1 Å². The van der Waals surface area contributed by atoms with Gasteiger partial charge in [0.2, 0.25) is 0 Å². The number of nitrogens with one attached hydrogen (secondary N) is 2. The molecule has 110 valence electrons. The molecule has 0 fully saturated rings. The first-order valence-electron chi connectivity index (χ1n) is 5.83. The molecule has 9 heteroatoms. The van der Waals surface area contributed by atoms with Gasteiger partial charge in [0.1, 0.15) is 11.7 Å². The van der Waals surface area contributed by atoms with Crippen LogP contribution >= 0.6 is 15.9 Å². The van der Waals surface area contributed by atoms with E-state index in [0.717, 1.165) is 0 Å². The van der Waals surface area contributed by atoms with Crippen LogP contribution in [0.5, 0.6) is 0 Å². The molecule has 20 heavy (non-hydrogen) atoms. The van der Waals surface area contributed by atoms with Crippen molar-refractivity contribution in [3.63, 3.8) is 0 Å². The first-order chi connectivity index (χ1) is 9.40. The van der Waals surface area contributed by atoms with Crippen LogP contribution in [0.25, 0.3) is 0 Å². The third-order valence-electron chi connectivity index (χ3n) is 2.44. The summed E-state index contributed by atoms with van der Waals surface area (Å²) in [7, 11) is 0. The predicted molar refractivity (Wildman–Crippen MR) is 77.3 cm³/mol. The summed E-state index contributed by atoms with van der Waals surface area (Å²) in [5, 5.41) is 11.5. The maximum absolute atomic E-state index is 11.8. The number of nitrogens with zero attached hydrogens (tertiary/aromatic N) is 1. The third kappa shape index (κ3) is 5.31. The number of carboxylic acids is 1. The number of H-pyrrole nitrogens is 1. The fraction of sp³-hybridized carbons (Fsp3) is 0.364. The Hall–Kier alpha value is -2.03. The number of rotatable bonds is 7. The molecular weight excluding hydrogens is 330 g/mol. The Bertz CT molecular complexity index is 510. The second-order valence-electron chi connectivity index (χ2n) is 4.04. The zero-order valence-corrected chi connectivity index (χ0v) is 12.2. The summed E-state index contributed by atoms with van der Waals surface area (Å²) in [6.07, 6.45) is 2.27. The topological polar surface area (TPSA) is 147 Å². The Morgan fingerprint density at radius 3 is 2.70 bits per heavy atom. The molecule has 0 spiro atoms. The highest BCUT2D eigenvalue weighted by Crippen LogP contribution is 2.11. The molecule has 0 aliphatic carbocycles. The average molecular weight is 346 g/mol. The standard InChI is InChI=1S/C11H16BrN5O3/c12-6-4-8(16-5-6)9(18)17-7(10(19)20)2-1-3-15-11(13)14/h4-5,7,16H,1-3H2,(H,17,18)(H,19,20)(H4,13,14,15)/t7-/m0/s1. The molecular formula is C11H16BrN5O3. The lowest BCUT2D eigenvalue weighted by atomic mass is 10.1. The molecule has 8 nitrogen and oxygen atoms in total. The normalized spacial score (nSPS) is 11.7. The van der Waals surface area contributed by atoms with E-state index in [0.29, 0.717) is 17.4 Å². The van der Waals surface area contributed by atoms with Crippen molar-refractivity contribution >= 4 is 33.8 Å². The number of carboxylic acid groups (broad SMARTS) is 1. The number of aliphatic imine (C=N–C) groups is 1. The second kappa shape index (κ2) is 7.53. The summed E-state index contributed by atoms with van der Waals surface area (Å²) in [6.45, 7) is 0.316. The minimum Gasteiger partial charge on any atom is -0.480 e. The molecule has 0 saturated heterocycles. The molecule has 1 aromatic heterocycles. The Labute approximate surface area is 123 Å². The van der Waals surface area contributed by atoms with Crippen LogP contribution in [0.2, 0.25) is 0 Å². The summed E-state index contributed by atoms with van der Waals surface area (Å²) in [4.78, 5) is 29.4. The molecule has 1 heterocycles. The van der Waals surface area contributed by atoms with Gasteiger partial charge in [-0.25, -0.2) is 4.79 Å². The van der Waals surface area contributed by atoms with E-state index in [1.807, 2.05) is 0 Å². The van der Waals surface area contributed by atoms with Crippen molar-refractivity contribution in [2.24, 2.45) is 16.5 Å². The number of carbonyl (C=O) groups is 2. The van der Waals surface area contributed by atoms with Gasteiger partial charge in [-0.05, 0) is 34.8 Å². The molecule has 0 unspecified atom stereocenters. The number of nitrogens with two attached hydrogens (primary N) is 2. The van der Waals surface area contributed by atoms with Gasteiger partial charge in [0, 0.05) is 17.2 Å². The summed E-state index contributed by atoms with van der Waals surface area (Å²) in [5.41, 5.74) is 10.6. The van der Waals surface area contributed by atoms with Crippen LogP contribution in [-0.4, -0.2) is 40.5 Å². The molecule has 0 bridgehead atoms. The Balaban J connectivity index is 2.52. The minimum atomic E-state index is -1.10. The van der Waals surface area contributed by atoms with Gasteiger partial charge in [-0.2, -0.15) is 0 Å². The number of hydrogen-bond acceptors (Lipinski definition) is 3. The van der Waals surface area contributed by atoms with Crippen LogP contribution in [0.15, 0.2) is 21.7 Å². The summed E-state index contributed by atoms with van der Waals surface area (Å²) in [6, 6.07) is 0.576. The van der Waals surface area contributed by atoms with E-state index in [1.165, 1.54) is 0 Å². The van der Waals surface area contributed by atoms with Gasteiger partial charge < -0.3 is 26.9 Å². The minimum absolute atomic E-state index is 0.0443. The maximum atomic E-state index is 11.8. The van der Waals surface area contributed by atoms with Crippen molar-refractivity contribution in [2.75, 3.05) is 6.54 Å². The number of aromatic nitrogens is 1. The van der Waals surface area contributed by atoms with Crippen LogP contribution < -0.4 is 16.8 Å². The van der Waals surface area contributed by atoms with Gasteiger partial charge in [-0.15, -0.1) is 0 Å². The number of aromatic amines is 1. The number of amides is 1. The second-order valence-corrected chi connectivity index (χ2v) is 4.96. The fourth-order valence-corrected chi connectivity index (χ4v) is 1.84. The van der Waals surface area contributed by atoms with E-state index in [2.05, 4.69) is 31.2 Å². The SMILES string of the molecule is NC(N)=NCCC[C@H](NC(=O)c1cc(Br)c[nH]1)C(=O)O. The van der Waals surface area contributed by atoms with Gasteiger partial charge >= 0.3 is 5.97 Å². The molecule has 0 aliphatic rings. The van der Waals surface area contributed by atoms with Crippen LogP contribution in [0.3, 0.4) is 0 Å². The van der Waals surface area contributed by atoms with Crippen molar-refractivity contribution in [1.82, 2.24) is 10.3 Å². The fourth-order valence-electron chi connectivity index (χ4n) is 1.50. The number of carbonyl (C=O) groups excluding carboxylic acids is 1. The number of guanidine groups is 1. The van der Waals surface area contributed by atoms with Crippen LogP contribution in [-0.2, 0) is 4.79 Å². The van der Waals surface area contributed by atoms with Gasteiger partial charge in [0.25, 0.3) is 5.91 Å². The van der Waals surface area contributed by atoms with E-state index in [9.17, 15) is 9.59 Å². The number of halogens is 1. The summed E-state index contributed by atoms with van der Waals surface area (Å²) in [5.74, 6) is -1.63. The molecule has 0 saturated carbocycles. The van der Waals surface area contributed by atoms with Crippen molar-refractivity contribution in [3.05, 3.63) is 22.4 Å². The zero-order valence-electron chi connectivity index (χ0n) is 10.6. The molecule has 1 amide bonds. The van der Waals surface area contributed by atoms with Crippen LogP contribution in [0, 0.1) is 0 Å². The van der Waals surface area contributed by atoms with Crippen molar-refractivity contribution in [1.29, 1.82) is 0 Å². The molecule has 1 rings (SSSR count). The monoisotopic (exact) mass is 345 g/mol. The molecule has 7 N–H and O–H groups in total. The van der Waals surface area contributed by atoms with Crippen molar-refractivity contribution in [3.8, 4) is 0 Å². The Morgan fingerprint density at radius 2 is 2.20 bits per heavy atom. The van der Waals surface area contributed by atoms with E-state index in [4.69, 9.17) is 16.6 Å². The maximum Gasteiger partial charge on any atom is 0.326 e. The molecule has 0 aliphatic heterocycles. The van der Waals surface area contributed by atoms with E-state index >= 15 is 0 Å². The lowest BCUT2D eigenvalue weighted by Gasteiger charge is -2.13. The summed E-state index contributed by atoms with van der Waals surface area (Å²) < 4.78 is 0.710. The Kier molecular flexibility index (Phi) is 6.04. The lowest BCUT2D eigenvalue weighted by molar-refractivity contribution is -0.139. The quantitative estimate of drug-likeness (QED) is 0.268. The largest absolute Gasteiger partial charge is 0.480 e. The number of aliphatic carboxylic acids is 1. The third-order valence-corrected chi connectivity index (χ3v) is 2.90. The first-order valence-corrected chi connectivity index (χ1v) is 6.62. The first kappa shape index (κ1) is 16.0. The average Bonchev–Trinajstić information content (AvgIpc) is 2.79. The van der Waals surface area contributed by atoms with Crippen molar-refractivity contribution in [2.45, 2.75) is 18.9 Å². The zero-order chi connectivity index (χ0) is 15.1. The van der Waals surface area contributed by atoms with Crippen LogP contribution in [0.4, 0.5) is 0 Å². The smallest absolute Gasteiger partial charge is 0.326 e. The lowest BCUT2D eigenvalue weighted by Crippen LogP contribution is -2.41. The highest BCUT2D eigenvalue weighted by molar-refractivity contribution is 9.10. The van der Waals surface area contributed by atoms with E-state index < -0.39 is 17.9 Å². The summed E-state index contributed by atoms with van der Waals surface area (Å²) >= 11 is 3.19. The van der Waals surface area contributed by atoms with Gasteiger partial charge in [-0.3, -0.25) is 9.79 Å². The highest BCUT2D eigenvalue weighted by atomic mass is 79.9. The Morgan fingerprint density at radius 1 is 1.50 bits per heavy atom. The molecule has 1 aromatic rings. The number of hydrogen-bond donors (Lipinski definition) is 5. The predicted octanol–water partition coefficient (Wildman–Crippen LogP) is 0.0138. The molecule has 0 aromatic carbocycles. The molecule has 1 atom stereocenters. The van der Waals surface area contributed by atoms with Crippen LogP contribution in [0.1, 0.15) is 23.3 Å². The highest BCUT2D eigenvalue weighted by Gasteiger charge is 2.20. The van der Waals surface area contributed by atoms with Crippen molar-refractivity contribution < 1.29 is 14.7 Å². The van der Waals surface area contributed by atoms with E-state index in [1.54, 1.807) is 12.3 Å².